The molecule has 0 unspecified atom stereocenters. The third kappa shape index (κ3) is 2.86. The van der Waals surface area contributed by atoms with Crippen LogP contribution in [0.5, 0.6) is 0 Å². The molecule has 0 aromatic carbocycles. The van der Waals surface area contributed by atoms with Crippen molar-refractivity contribution in [2.45, 2.75) is 27.2 Å². The van der Waals surface area contributed by atoms with Gasteiger partial charge in [0.2, 0.25) is 0 Å². The van der Waals surface area contributed by atoms with Crippen LogP contribution in [0.25, 0.3) is 5.52 Å². The van der Waals surface area contributed by atoms with Crippen LogP contribution < -0.4 is 5.32 Å². The number of fused-ring (bicyclic) bond motifs is 1. The van der Waals surface area contributed by atoms with E-state index in [9.17, 15) is 4.79 Å². The Morgan fingerprint density at radius 3 is 2.84 bits per heavy atom. The van der Waals surface area contributed by atoms with Crippen molar-refractivity contribution in [3.8, 4) is 0 Å². The summed E-state index contributed by atoms with van der Waals surface area (Å²) in [6.07, 6.45) is 2.99. The number of carboxylic acids is 1. The molecule has 0 aliphatic carbocycles. The summed E-state index contributed by atoms with van der Waals surface area (Å²) >= 11 is 0. The molecule has 2 heterocycles. The van der Waals surface area contributed by atoms with Crippen LogP contribution in [0.1, 0.15) is 36.6 Å². The second-order valence-electron chi connectivity index (χ2n) is 5.10. The van der Waals surface area contributed by atoms with Gasteiger partial charge >= 0.3 is 5.97 Å². The lowest BCUT2D eigenvalue weighted by Crippen LogP contribution is -2.05. The first-order valence-electron chi connectivity index (χ1n) is 6.45. The van der Waals surface area contributed by atoms with Crippen LogP contribution in [-0.2, 0) is 0 Å². The average molecular weight is 261 g/mol. The molecule has 102 valence electrons. The third-order valence-electron chi connectivity index (χ3n) is 3.07. The Hall–Kier alpha value is -2.04. The largest absolute Gasteiger partial charge is 0.476 e. The predicted octanol–water partition coefficient (Wildman–Crippen LogP) is 2.80. The number of aryl methyl sites for hydroxylation is 1. The number of pyridine rings is 1. The van der Waals surface area contributed by atoms with Crippen molar-refractivity contribution in [2.24, 2.45) is 5.92 Å². The van der Waals surface area contributed by atoms with Crippen molar-refractivity contribution in [3.05, 3.63) is 29.8 Å². The first-order chi connectivity index (χ1) is 8.99. The number of anilines is 1. The Labute approximate surface area is 112 Å². The van der Waals surface area contributed by atoms with E-state index >= 15 is 0 Å². The fourth-order valence-electron chi connectivity index (χ4n) is 2.00. The summed E-state index contributed by atoms with van der Waals surface area (Å²) in [6.45, 7) is 7.08. The number of aromatic carboxylic acids is 1. The normalized spacial score (nSPS) is 11.2. The zero-order chi connectivity index (χ0) is 14.0. The highest BCUT2D eigenvalue weighted by Crippen LogP contribution is 2.17. The lowest BCUT2D eigenvalue weighted by molar-refractivity contribution is 0.0693. The van der Waals surface area contributed by atoms with Crippen LogP contribution in [0.15, 0.2) is 18.3 Å². The third-order valence-corrected chi connectivity index (χ3v) is 3.07. The van der Waals surface area contributed by atoms with Crippen molar-refractivity contribution in [3.63, 3.8) is 0 Å². The monoisotopic (exact) mass is 261 g/mol. The molecule has 0 atom stereocenters. The summed E-state index contributed by atoms with van der Waals surface area (Å²) in [6, 6.07) is 3.68. The topological polar surface area (TPSA) is 66.6 Å². The summed E-state index contributed by atoms with van der Waals surface area (Å²) < 4.78 is 1.81. The van der Waals surface area contributed by atoms with E-state index < -0.39 is 5.97 Å². The molecule has 2 rings (SSSR count). The van der Waals surface area contributed by atoms with Gasteiger partial charge in [-0.1, -0.05) is 13.8 Å². The maximum atomic E-state index is 11.1. The van der Waals surface area contributed by atoms with Crippen molar-refractivity contribution in [1.29, 1.82) is 0 Å². The minimum absolute atomic E-state index is 0.103. The van der Waals surface area contributed by atoms with Gasteiger partial charge in [-0.05, 0) is 31.4 Å². The molecule has 2 N–H and O–H groups in total. The molecule has 0 fully saturated rings. The minimum atomic E-state index is -0.994. The molecule has 2 aromatic heterocycles. The second-order valence-corrected chi connectivity index (χ2v) is 5.10. The van der Waals surface area contributed by atoms with Crippen molar-refractivity contribution < 1.29 is 9.90 Å². The minimum Gasteiger partial charge on any atom is -0.476 e. The molecule has 0 aliphatic rings. The molecule has 0 amide bonds. The molecular formula is C14H19N3O2. The van der Waals surface area contributed by atoms with Gasteiger partial charge in [0.1, 0.15) is 5.82 Å². The summed E-state index contributed by atoms with van der Waals surface area (Å²) in [5.74, 6) is 0.343. The predicted molar refractivity (Wildman–Crippen MR) is 74.8 cm³/mol. The Morgan fingerprint density at radius 2 is 2.21 bits per heavy atom. The number of aromatic nitrogens is 2. The Kier molecular flexibility index (Phi) is 3.74. The van der Waals surface area contributed by atoms with Gasteiger partial charge in [0.15, 0.2) is 5.69 Å². The molecule has 0 bridgehead atoms. The summed E-state index contributed by atoms with van der Waals surface area (Å²) in [5.41, 5.74) is 1.70. The number of carbonyl (C=O) groups is 1. The lowest BCUT2D eigenvalue weighted by Gasteiger charge is -2.09. The van der Waals surface area contributed by atoms with Gasteiger partial charge < -0.3 is 14.8 Å². The van der Waals surface area contributed by atoms with Crippen LogP contribution in [0.4, 0.5) is 5.69 Å². The van der Waals surface area contributed by atoms with E-state index in [2.05, 4.69) is 24.1 Å². The van der Waals surface area contributed by atoms with Crippen LogP contribution in [0.2, 0.25) is 0 Å². The first kappa shape index (κ1) is 13.4. The number of hydrogen-bond acceptors (Lipinski definition) is 3. The zero-order valence-corrected chi connectivity index (χ0v) is 11.5. The fourth-order valence-corrected chi connectivity index (χ4v) is 2.00. The zero-order valence-electron chi connectivity index (χ0n) is 11.5. The fraction of sp³-hybridized carbons (Fsp3) is 0.429. The molecule has 0 saturated heterocycles. The van der Waals surface area contributed by atoms with Crippen molar-refractivity contribution >= 4 is 17.2 Å². The average Bonchev–Trinajstić information content (AvgIpc) is 2.66. The summed E-state index contributed by atoms with van der Waals surface area (Å²) in [5, 5.41) is 12.4. The smallest absolute Gasteiger partial charge is 0.356 e. The Bertz CT molecular complexity index is 602. The van der Waals surface area contributed by atoms with Gasteiger partial charge in [0.05, 0.1) is 11.2 Å². The summed E-state index contributed by atoms with van der Waals surface area (Å²) in [4.78, 5) is 15.1. The van der Waals surface area contributed by atoms with Gasteiger partial charge in [-0.15, -0.1) is 0 Å². The maximum absolute atomic E-state index is 11.1. The van der Waals surface area contributed by atoms with Gasteiger partial charge in [0.25, 0.3) is 0 Å². The van der Waals surface area contributed by atoms with Gasteiger partial charge in [-0.2, -0.15) is 0 Å². The van der Waals surface area contributed by atoms with E-state index in [0.29, 0.717) is 17.3 Å². The van der Waals surface area contributed by atoms with Crippen molar-refractivity contribution in [1.82, 2.24) is 9.38 Å². The molecule has 0 radical (unpaired) electrons. The highest BCUT2D eigenvalue weighted by Gasteiger charge is 2.14. The van der Waals surface area contributed by atoms with Gasteiger partial charge in [-0.25, -0.2) is 9.78 Å². The van der Waals surface area contributed by atoms with E-state index in [-0.39, 0.29) is 5.69 Å². The maximum Gasteiger partial charge on any atom is 0.356 e. The number of carboxylic acid groups (broad SMARTS) is 1. The quantitative estimate of drug-likeness (QED) is 0.868. The number of nitrogens with one attached hydrogen (secondary N) is 1. The van der Waals surface area contributed by atoms with E-state index in [1.807, 2.05) is 12.3 Å². The molecule has 0 spiro atoms. The number of nitrogens with zero attached hydrogens (tertiary/aromatic N) is 2. The molecule has 19 heavy (non-hydrogen) atoms. The molecule has 2 aromatic rings. The lowest BCUT2D eigenvalue weighted by atomic mass is 10.1. The number of rotatable bonds is 5. The van der Waals surface area contributed by atoms with Crippen molar-refractivity contribution in [2.75, 3.05) is 11.9 Å². The van der Waals surface area contributed by atoms with E-state index in [4.69, 9.17) is 5.11 Å². The van der Waals surface area contributed by atoms with Crippen LogP contribution in [-0.4, -0.2) is 27.0 Å². The van der Waals surface area contributed by atoms with Crippen LogP contribution >= 0.6 is 0 Å². The van der Waals surface area contributed by atoms with Crippen LogP contribution in [0, 0.1) is 12.8 Å². The molecule has 0 saturated carbocycles. The van der Waals surface area contributed by atoms with Gasteiger partial charge in [-0.3, -0.25) is 0 Å². The highest BCUT2D eigenvalue weighted by atomic mass is 16.4. The van der Waals surface area contributed by atoms with Gasteiger partial charge in [0, 0.05) is 12.7 Å². The summed E-state index contributed by atoms with van der Waals surface area (Å²) in [7, 11) is 0. The molecule has 5 heteroatoms. The van der Waals surface area contributed by atoms with E-state index in [1.54, 1.807) is 17.4 Å². The Morgan fingerprint density at radius 1 is 1.47 bits per heavy atom. The molecule has 5 nitrogen and oxygen atoms in total. The first-order valence-corrected chi connectivity index (χ1v) is 6.45. The Balaban J connectivity index is 2.26. The highest BCUT2D eigenvalue weighted by molar-refractivity contribution is 5.93. The SMILES string of the molecule is Cc1nc(C(=O)O)c2ccc(NCCC(C)C)cn12. The number of imidazole rings is 1. The van der Waals surface area contributed by atoms with E-state index in [0.717, 1.165) is 18.7 Å². The molecular weight excluding hydrogens is 242 g/mol. The van der Waals surface area contributed by atoms with Crippen LogP contribution in [0.3, 0.4) is 0 Å². The number of hydrogen-bond donors (Lipinski definition) is 2. The standard InChI is InChI=1S/C14H19N3O2/c1-9(2)6-7-15-11-4-5-12-13(14(18)19)16-10(3)17(12)8-11/h4-5,8-9,15H,6-7H2,1-3H3,(H,18,19). The molecule has 0 aliphatic heterocycles. The second kappa shape index (κ2) is 5.30. The van der Waals surface area contributed by atoms with E-state index in [1.165, 1.54) is 0 Å².